The van der Waals surface area contributed by atoms with Gasteiger partial charge in [0.2, 0.25) is 0 Å². The summed E-state index contributed by atoms with van der Waals surface area (Å²) in [4.78, 5) is 5.33. The Hall–Kier alpha value is -0.760. The van der Waals surface area contributed by atoms with Crippen LogP contribution in [-0.2, 0) is 4.84 Å². The lowest BCUT2D eigenvalue weighted by Crippen LogP contribution is -2.19. The smallest absolute Gasteiger partial charge is 0.0746 e. The third kappa shape index (κ3) is 2.23. The van der Waals surface area contributed by atoms with Gasteiger partial charge in [-0.3, -0.25) is 9.90 Å². The molecule has 0 saturated heterocycles. The summed E-state index contributed by atoms with van der Waals surface area (Å²) in [5.74, 6) is 0. The number of allylic oxidation sites excluding steroid dienone is 2. The molecule has 0 fully saturated rings. The molecule has 1 rings (SSSR count). The van der Waals surface area contributed by atoms with Gasteiger partial charge >= 0.3 is 0 Å². The van der Waals surface area contributed by atoms with Crippen LogP contribution >= 0.6 is 0 Å². The molecule has 0 spiro atoms. The van der Waals surface area contributed by atoms with Crippen LogP contribution in [0.25, 0.3) is 0 Å². The molecule has 0 aliphatic carbocycles. The SMILES string of the molecule is CCCON1C=CC=CC1. The maximum atomic E-state index is 5.33. The van der Waals surface area contributed by atoms with Crippen LogP contribution in [0.3, 0.4) is 0 Å². The highest BCUT2D eigenvalue weighted by Gasteiger charge is 1.96. The van der Waals surface area contributed by atoms with E-state index in [9.17, 15) is 0 Å². The average Bonchev–Trinajstić information content (AvgIpc) is 2.03. The van der Waals surface area contributed by atoms with E-state index >= 15 is 0 Å². The van der Waals surface area contributed by atoms with Crippen molar-refractivity contribution in [2.45, 2.75) is 13.3 Å². The lowest BCUT2D eigenvalue weighted by molar-refractivity contribution is -0.112. The summed E-state index contributed by atoms with van der Waals surface area (Å²) in [7, 11) is 0. The minimum Gasteiger partial charge on any atom is -0.274 e. The molecule has 0 amide bonds. The molecule has 0 N–H and O–H groups in total. The van der Waals surface area contributed by atoms with Gasteiger partial charge in [-0.25, -0.2) is 0 Å². The number of rotatable bonds is 3. The molecular weight excluding hydrogens is 126 g/mol. The maximum absolute atomic E-state index is 5.33. The van der Waals surface area contributed by atoms with Crippen molar-refractivity contribution >= 4 is 0 Å². The lowest BCUT2D eigenvalue weighted by atomic mass is 10.4. The van der Waals surface area contributed by atoms with Crippen molar-refractivity contribution < 1.29 is 4.84 Å². The summed E-state index contributed by atoms with van der Waals surface area (Å²) in [6.07, 6.45) is 9.06. The average molecular weight is 139 g/mol. The Labute approximate surface area is 61.7 Å². The van der Waals surface area contributed by atoms with Crippen LogP contribution in [0.1, 0.15) is 13.3 Å². The quantitative estimate of drug-likeness (QED) is 0.590. The van der Waals surface area contributed by atoms with E-state index in [-0.39, 0.29) is 0 Å². The number of hydroxylamine groups is 2. The van der Waals surface area contributed by atoms with Gasteiger partial charge < -0.3 is 0 Å². The zero-order valence-corrected chi connectivity index (χ0v) is 6.29. The summed E-state index contributed by atoms with van der Waals surface area (Å²) in [5.41, 5.74) is 0. The van der Waals surface area contributed by atoms with E-state index in [4.69, 9.17) is 4.84 Å². The molecule has 2 heteroatoms. The van der Waals surface area contributed by atoms with Crippen LogP contribution in [0.15, 0.2) is 24.4 Å². The molecule has 56 valence electrons. The van der Waals surface area contributed by atoms with Crippen LogP contribution in [-0.4, -0.2) is 18.2 Å². The van der Waals surface area contributed by atoms with Gasteiger partial charge in [0.05, 0.1) is 13.2 Å². The Balaban J connectivity index is 2.17. The second-order valence-corrected chi connectivity index (χ2v) is 2.20. The largest absolute Gasteiger partial charge is 0.274 e. The Morgan fingerprint density at radius 1 is 1.50 bits per heavy atom. The van der Waals surface area contributed by atoms with Crippen LogP contribution in [0, 0.1) is 0 Å². The van der Waals surface area contributed by atoms with Gasteiger partial charge in [0.25, 0.3) is 0 Å². The maximum Gasteiger partial charge on any atom is 0.0746 e. The van der Waals surface area contributed by atoms with E-state index in [1.54, 1.807) is 0 Å². The van der Waals surface area contributed by atoms with Crippen LogP contribution < -0.4 is 0 Å². The van der Waals surface area contributed by atoms with E-state index < -0.39 is 0 Å². The zero-order valence-electron chi connectivity index (χ0n) is 6.29. The fourth-order valence-corrected chi connectivity index (χ4v) is 0.754. The van der Waals surface area contributed by atoms with Gasteiger partial charge in [-0.1, -0.05) is 19.1 Å². The molecule has 1 heterocycles. The van der Waals surface area contributed by atoms with Gasteiger partial charge in [0, 0.05) is 6.20 Å². The molecule has 0 aromatic carbocycles. The highest BCUT2D eigenvalue weighted by atomic mass is 16.7. The number of hydrogen-bond acceptors (Lipinski definition) is 2. The van der Waals surface area contributed by atoms with Crippen molar-refractivity contribution in [3.8, 4) is 0 Å². The molecule has 0 saturated carbocycles. The molecule has 10 heavy (non-hydrogen) atoms. The molecule has 0 radical (unpaired) electrons. The first kappa shape index (κ1) is 7.35. The third-order valence-electron chi connectivity index (χ3n) is 1.25. The van der Waals surface area contributed by atoms with E-state index in [2.05, 4.69) is 13.0 Å². The monoisotopic (exact) mass is 139 g/mol. The van der Waals surface area contributed by atoms with Gasteiger partial charge in [-0.2, -0.15) is 0 Å². The van der Waals surface area contributed by atoms with Crippen LogP contribution in [0.2, 0.25) is 0 Å². The second kappa shape index (κ2) is 4.12. The van der Waals surface area contributed by atoms with Gasteiger partial charge in [-0.05, 0) is 12.5 Å². The van der Waals surface area contributed by atoms with Crippen LogP contribution in [0.5, 0.6) is 0 Å². The second-order valence-electron chi connectivity index (χ2n) is 2.20. The van der Waals surface area contributed by atoms with Crippen molar-refractivity contribution in [2.75, 3.05) is 13.2 Å². The molecule has 1 aliphatic heterocycles. The van der Waals surface area contributed by atoms with Gasteiger partial charge in [-0.15, -0.1) is 0 Å². The summed E-state index contributed by atoms with van der Waals surface area (Å²) >= 11 is 0. The van der Waals surface area contributed by atoms with E-state index in [0.717, 1.165) is 19.6 Å². The summed E-state index contributed by atoms with van der Waals surface area (Å²) < 4.78 is 0. The van der Waals surface area contributed by atoms with Crippen molar-refractivity contribution in [3.63, 3.8) is 0 Å². The fourth-order valence-electron chi connectivity index (χ4n) is 0.754. The standard InChI is InChI=1S/C8H13NO/c1-2-8-10-9-6-4-3-5-7-9/h3-6H,2,7-8H2,1H3. The van der Waals surface area contributed by atoms with E-state index in [0.29, 0.717) is 0 Å². The first-order valence-corrected chi connectivity index (χ1v) is 3.66. The van der Waals surface area contributed by atoms with Crippen molar-refractivity contribution in [3.05, 3.63) is 24.4 Å². The highest BCUT2D eigenvalue weighted by Crippen LogP contribution is 1.98. The molecular formula is C8H13NO. The Kier molecular flexibility index (Phi) is 3.03. The molecule has 0 aromatic heterocycles. The topological polar surface area (TPSA) is 12.5 Å². The first-order valence-electron chi connectivity index (χ1n) is 3.66. The van der Waals surface area contributed by atoms with Gasteiger partial charge in [0.1, 0.15) is 0 Å². The van der Waals surface area contributed by atoms with Crippen molar-refractivity contribution in [1.29, 1.82) is 0 Å². The van der Waals surface area contributed by atoms with Crippen molar-refractivity contribution in [1.82, 2.24) is 5.06 Å². The third-order valence-corrected chi connectivity index (χ3v) is 1.25. The normalized spacial score (nSPS) is 16.3. The number of nitrogens with zero attached hydrogens (tertiary/aromatic N) is 1. The Bertz CT molecular complexity index is 140. The predicted octanol–water partition coefficient (Wildman–Crippen LogP) is 1.71. The summed E-state index contributed by atoms with van der Waals surface area (Å²) in [5, 5.41) is 1.84. The lowest BCUT2D eigenvalue weighted by Gasteiger charge is -2.18. The minimum atomic E-state index is 0.804. The first-order chi connectivity index (χ1) is 4.93. The Morgan fingerprint density at radius 3 is 3.00 bits per heavy atom. The molecule has 0 atom stereocenters. The van der Waals surface area contributed by atoms with E-state index in [1.807, 2.05) is 23.4 Å². The van der Waals surface area contributed by atoms with Crippen molar-refractivity contribution in [2.24, 2.45) is 0 Å². The molecule has 1 aliphatic rings. The Morgan fingerprint density at radius 2 is 2.40 bits per heavy atom. The number of hydrogen-bond donors (Lipinski definition) is 0. The molecule has 0 unspecified atom stereocenters. The molecule has 0 bridgehead atoms. The minimum absolute atomic E-state index is 0.804. The fraction of sp³-hybridized carbons (Fsp3) is 0.500. The van der Waals surface area contributed by atoms with Gasteiger partial charge in [0.15, 0.2) is 0 Å². The molecule has 0 aromatic rings. The predicted molar refractivity (Wildman–Crippen MR) is 41.2 cm³/mol. The zero-order chi connectivity index (χ0) is 7.23. The molecule has 2 nitrogen and oxygen atoms in total. The summed E-state index contributed by atoms with van der Waals surface area (Å²) in [6, 6.07) is 0. The van der Waals surface area contributed by atoms with E-state index in [1.165, 1.54) is 0 Å². The van der Waals surface area contributed by atoms with Crippen LogP contribution in [0.4, 0.5) is 0 Å². The summed E-state index contributed by atoms with van der Waals surface area (Å²) in [6.45, 7) is 3.78. The highest BCUT2D eigenvalue weighted by molar-refractivity contribution is 5.06.